The van der Waals surface area contributed by atoms with Crippen molar-refractivity contribution in [2.45, 2.75) is 24.2 Å². The lowest BCUT2D eigenvalue weighted by Crippen LogP contribution is -2.25. The molecule has 1 fully saturated rings. The lowest BCUT2D eigenvalue weighted by atomic mass is 10.2. The van der Waals surface area contributed by atoms with Crippen LogP contribution >= 0.6 is 0 Å². The standard InChI is InChI=1S/C15H19NO4S/c1-20-15-8-7-14(10-13(15)4-2-3-9-17)21(18,19)16-11-12-5-6-12/h7-8,10,12,16-17H,3,5-6,9,11H2,1H3. The summed E-state index contributed by atoms with van der Waals surface area (Å²) in [5.41, 5.74) is 0.500. The van der Waals surface area contributed by atoms with Crippen molar-refractivity contribution in [1.82, 2.24) is 4.72 Å². The Morgan fingerprint density at radius 3 is 2.81 bits per heavy atom. The van der Waals surface area contributed by atoms with Gasteiger partial charge in [-0.3, -0.25) is 0 Å². The second-order valence-electron chi connectivity index (χ2n) is 4.93. The number of aliphatic hydroxyl groups is 1. The first-order valence-electron chi connectivity index (χ1n) is 6.84. The summed E-state index contributed by atoms with van der Waals surface area (Å²) in [6.45, 7) is 0.454. The zero-order chi connectivity index (χ0) is 15.3. The van der Waals surface area contributed by atoms with Crippen LogP contribution in [-0.2, 0) is 10.0 Å². The van der Waals surface area contributed by atoms with Gasteiger partial charge in [0.25, 0.3) is 0 Å². The van der Waals surface area contributed by atoms with E-state index in [-0.39, 0.29) is 11.5 Å². The number of hydrogen-bond donors (Lipinski definition) is 2. The zero-order valence-corrected chi connectivity index (χ0v) is 12.7. The Bertz CT molecular complexity index is 654. The minimum Gasteiger partial charge on any atom is -0.495 e. The van der Waals surface area contributed by atoms with E-state index in [1.807, 2.05) is 0 Å². The lowest BCUT2D eigenvalue weighted by Gasteiger charge is -2.09. The minimum atomic E-state index is -3.52. The normalized spacial score (nSPS) is 14.4. The van der Waals surface area contributed by atoms with Crippen molar-refractivity contribution in [2.75, 3.05) is 20.3 Å². The van der Waals surface area contributed by atoms with E-state index < -0.39 is 10.0 Å². The van der Waals surface area contributed by atoms with Crippen LogP contribution in [0.4, 0.5) is 0 Å². The Morgan fingerprint density at radius 1 is 1.43 bits per heavy atom. The van der Waals surface area contributed by atoms with E-state index in [1.54, 1.807) is 6.07 Å². The predicted molar refractivity (Wildman–Crippen MR) is 79.5 cm³/mol. The van der Waals surface area contributed by atoms with Crippen LogP contribution in [0.5, 0.6) is 5.75 Å². The molecule has 0 amide bonds. The van der Waals surface area contributed by atoms with Crippen LogP contribution in [0.2, 0.25) is 0 Å². The van der Waals surface area contributed by atoms with Gasteiger partial charge < -0.3 is 9.84 Å². The largest absolute Gasteiger partial charge is 0.495 e. The molecule has 2 rings (SSSR count). The van der Waals surface area contributed by atoms with Gasteiger partial charge in [-0.25, -0.2) is 13.1 Å². The molecule has 1 aromatic rings. The molecular formula is C15H19NO4S. The molecule has 21 heavy (non-hydrogen) atoms. The van der Waals surface area contributed by atoms with Crippen molar-refractivity contribution in [3.05, 3.63) is 23.8 Å². The molecule has 0 spiro atoms. The maximum atomic E-state index is 12.2. The molecule has 2 N–H and O–H groups in total. The number of methoxy groups -OCH3 is 1. The molecule has 0 heterocycles. The second-order valence-corrected chi connectivity index (χ2v) is 6.70. The fraction of sp³-hybridized carbons (Fsp3) is 0.467. The van der Waals surface area contributed by atoms with Gasteiger partial charge in [0.15, 0.2) is 0 Å². The van der Waals surface area contributed by atoms with Gasteiger partial charge in [-0.05, 0) is 37.0 Å². The van der Waals surface area contributed by atoms with Crippen LogP contribution in [0.1, 0.15) is 24.8 Å². The van der Waals surface area contributed by atoms with Crippen LogP contribution < -0.4 is 9.46 Å². The van der Waals surface area contributed by atoms with E-state index in [1.165, 1.54) is 19.2 Å². The summed E-state index contributed by atoms with van der Waals surface area (Å²) in [5, 5.41) is 8.74. The number of sulfonamides is 1. The Hall–Kier alpha value is -1.55. The summed E-state index contributed by atoms with van der Waals surface area (Å²) in [5.74, 6) is 6.59. The highest BCUT2D eigenvalue weighted by Crippen LogP contribution is 2.28. The van der Waals surface area contributed by atoms with Crippen LogP contribution in [0.15, 0.2) is 23.1 Å². The third kappa shape index (κ3) is 4.46. The molecule has 1 aliphatic rings. The van der Waals surface area contributed by atoms with Crippen LogP contribution in [0.25, 0.3) is 0 Å². The first kappa shape index (κ1) is 15.8. The maximum absolute atomic E-state index is 12.2. The van der Waals surface area contributed by atoms with Crippen molar-refractivity contribution in [1.29, 1.82) is 0 Å². The van der Waals surface area contributed by atoms with E-state index in [9.17, 15) is 8.42 Å². The third-order valence-electron chi connectivity index (χ3n) is 3.20. The van der Waals surface area contributed by atoms with Gasteiger partial charge in [-0.15, -0.1) is 0 Å². The monoisotopic (exact) mass is 309 g/mol. The van der Waals surface area contributed by atoms with Gasteiger partial charge in [0.2, 0.25) is 10.0 Å². The maximum Gasteiger partial charge on any atom is 0.240 e. The first-order valence-corrected chi connectivity index (χ1v) is 8.32. The molecule has 0 unspecified atom stereocenters. The van der Waals surface area contributed by atoms with Gasteiger partial charge in [-0.2, -0.15) is 0 Å². The van der Waals surface area contributed by atoms with E-state index in [0.29, 0.717) is 30.2 Å². The summed E-state index contributed by atoms with van der Waals surface area (Å²) in [7, 11) is -2.01. The summed E-state index contributed by atoms with van der Waals surface area (Å²) >= 11 is 0. The van der Waals surface area contributed by atoms with E-state index >= 15 is 0 Å². The van der Waals surface area contributed by atoms with E-state index in [0.717, 1.165) is 12.8 Å². The quantitative estimate of drug-likeness (QED) is 0.772. The molecule has 0 atom stereocenters. The molecule has 0 saturated heterocycles. The van der Waals surface area contributed by atoms with Gasteiger partial charge in [0.1, 0.15) is 5.75 Å². The molecular weight excluding hydrogens is 290 g/mol. The molecule has 1 aromatic carbocycles. The Morgan fingerprint density at radius 2 is 2.19 bits per heavy atom. The Labute approximate surface area is 125 Å². The molecule has 0 radical (unpaired) electrons. The molecule has 6 heteroatoms. The molecule has 1 saturated carbocycles. The summed E-state index contributed by atoms with van der Waals surface area (Å²) in [6, 6.07) is 4.60. The smallest absolute Gasteiger partial charge is 0.240 e. The SMILES string of the molecule is COc1ccc(S(=O)(=O)NCC2CC2)cc1C#CCCO. The van der Waals surface area contributed by atoms with Crippen LogP contribution in [0.3, 0.4) is 0 Å². The van der Waals surface area contributed by atoms with Gasteiger partial charge >= 0.3 is 0 Å². The van der Waals surface area contributed by atoms with E-state index in [4.69, 9.17) is 9.84 Å². The van der Waals surface area contributed by atoms with Crippen LogP contribution in [0, 0.1) is 17.8 Å². The molecule has 114 valence electrons. The van der Waals surface area contributed by atoms with Gasteiger partial charge in [0, 0.05) is 13.0 Å². The zero-order valence-electron chi connectivity index (χ0n) is 11.9. The average Bonchev–Trinajstić information content (AvgIpc) is 3.29. The summed E-state index contributed by atoms with van der Waals surface area (Å²) in [4.78, 5) is 0.178. The first-order chi connectivity index (χ1) is 10.1. The number of ether oxygens (including phenoxy) is 1. The van der Waals surface area contributed by atoms with Crippen molar-refractivity contribution in [3.8, 4) is 17.6 Å². The second kappa shape index (κ2) is 6.94. The predicted octanol–water partition coefficient (Wildman–Crippen LogP) is 1.12. The molecule has 0 aromatic heterocycles. The molecule has 0 bridgehead atoms. The molecule has 0 aliphatic heterocycles. The number of aliphatic hydroxyl groups excluding tert-OH is 1. The third-order valence-corrected chi connectivity index (χ3v) is 4.62. The minimum absolute atomic E-state index is 0.0315. The Kier molecular flexibility index (Phi) is 5.23. The van der Waals surface area contributed by atoms with Crippen molar-refractivity contribution < 1.29 is 18.3 Å². The fourth-order valence-electron chi connectivity index (χ4n) is 1.80. The highest BCUT2D eigenvalue weighted by atomic mass is 32.2. The van der Waals surface area contributed by atoms with E-state index in [2.05, 4.69) is 16.6 Å². The van der Waals surface area contributed by atoms with Crippen molar-refractivity contribution in [2.24, 2.45) is 5.92 Å². The van der Waals surface area contributed by atoms with Crippen molar-refractivity contribution in [3.63, 3.8) is 0 Å². The number of rotatable bonds is 6. The number of benzene rings is 1. The summed E-state index contributed by atoms with van der Waals surface area (Å²) in [6.07, 6.45) is 2.51. The fourth-order valence-corrected chi connectivity index (χ4v) is 2.94. The van der Waals surface area contributed by atoms with Gasteiger partial charge in [0.05, 0.1) is 24.2 Å². The van der Waals surface area contributed by atoms with Gasteiger partial charge in [-0.1, -0.05) is 11.8 Å². The molecule has 1 aliphatic carbocycles. The topological polar surface area (TPSA) is 75.6 Å². The Balaban J connectivity index is 2.23. The number of nitrogens with one attached hydrogen (secondary N) is 1. The number of hydrogen-bond acceptors (Lipinski definition) is 4. The molecule has 5 nitrogen and oxygen atoms in total. The lowest BCUT2D eigenvalue weighted by molar-refractivity contribution is 0.305. The highest BCUT2D eigenvalue weighted by molar-refractivity contribution is 7.89. The van der Waals surface area contributed by atoms with Crippen LogP contribution in [-0.4, -0.2) is 33.8 Å². The highest BCUT2D eigenvalue weighted by Gasteiger charge is 2.24. The summed E-state index contributed by atoms with van der Waals surface area (Å²) < 4.78 is 32.2. The van der Waals surface area contributed by atoms with Crippen molar-refractivity contribution >= 4 is 10.0 Å². The average molecular weight is 309 g/mol.